The molecule has 1 atom stereocenters. The maximum Gasteiger partial charge on any atom is 0.328 e. The minimum atomic E-state index is -1.17. The molecule has 0 heterocycles. The first-order valence-corrected chi connectivity index (χ1v) is 11.7. The molecule has 1 aliphatic carbocycles. The molecule has 1 N–H and O–H groups in total. The quantitative estimate of drug-likeness (QED) is 0.359. The van der Waals surface area contributed by atoms with Crippen molar-refractivity contribution < 1.29 is 14.6 Å². The smallest absolute Gasteiger partial charge is 0.328 e. The summed E-state index contributed by atoms with van der Waals surface area (Å²) < 4.78 is 8.16. The second kappa shape index (κ2) is 10.0. The van der Waals surface area contributed by atoms with Gasteiger partial charge in [0.15, 0.2) is 0 Å². The first-order chi connectivity index (χ1) is 14.9. The van der Waals surface area contributed by atoms with Crippen molar-refractivity contribution in [3.05, 3.63) is 46.9 Å². The van der Waals surface area contributed by atoms with Crippen molar-refractivity contribution in [1.82, 2.24) is 4.90 Å². The first kappa shape index (κ1) is 23.5. The standard InChI is InChI=1S/C24H32N2O4S/c1-4-12-24(22(27)28,26(2)17-23(31-25-29)13-6-5-7-14-23)20-10-8-19-16-21(30-3)11-9-18(19)15-20/h8-11,15-16H,4-7,12-14,17H2,1-3H3,(H,27,28)/t24-/m0/s1. The predicted molar refractivity (Wildman–Crippen MR) is 127 cm³/mol. The van der Waals surface area contributed by atoms with Crippen molar-refractivity contribution >= 4 is 28.7 Å². The molecule has 0 aromatic heterocycles. The number of rotatable bonds is 10. The van der Waals surface area contributed by atoms with Crippen LogP contribution in [0.2, 0.25) is 0 Å². The molecule has 0 bridgehead atoms. The van der Waals surface area contributed by atoms with Gasteiger partial charge in [-0.1, -0.05) is 50.8 Å². The Kier molecular flexibility index (Phi) is 7.59. The van der Waals surface area contributed by atoms with Gasteiger partial charge < -0.3 is 9.84 Å². The molecule has 1 saturated carbocycles. The van der Waals surface area contributed by atoms with Crippen LogP contribution in [0.25, 0.3) is 10.8 Å². The number of nitrogens with zero attached hydrogens (tertiary/aromatic N) is 2. The van der Waals surface area contributed by atoms with Crippen LogP contribution in [-0.4, -0.2) is 41.4 Å². The Labute approximate surface area is 188 Å². The van der Waals surface area contributed by atoms with Crippen molar-refractivity contribution in [2.75, 3.05) is 20.7 Å². The molecule has 168 valence electrons. The highest BCUT2D eigenvalue weighted by molar-refractivity contribution is 7.99. The van der Waals surface area contributed by atoms with Gasteiger partial charge >= 0.3 is 5.97 Å². The monoisotopic (exact) mass is 444 g/mol. The number of nitroso groups, excluding NO2 is 1. The molecule has 0 amide bonds. The number of benzene rings is 2. The maximum absolute atomic E-state index is 12.8. The molecule has 0 radical (unpaired) electrons. The minimum Gasteiger partial charge on any atom is -0.497 e. The molecule has 7 heteroatoms. The summed E-state index contributed by atoms with van der Waals surface area (Å²) in [5.74, 6) is -0.0900. The number of carboxylic acid groups (broad SMARTS) is 1. The highest BCUT2D eigenvalue weighted by atomic mass is 32.2. The van der Waals surface area contributed by atoms with E-state index in [4.69, 9.17) is 4.74 Å². The Morgan fingerprint density at radius 3 is 2.48 bits per heavy atom. The summed E-state index contributed by atoms with van der Waals surface area (Å²) in [5, 5.41) is 12.5. The third-order valence-corrected chi connectivity index (χ3v) is 7.66. The fraction of sp³-hybridized carbons (Fsp3) is 0.542. The summed E-state index contributed by atoms with van der Waals surface area (Å²) in [5.41, 5.74) is -0.409. The van der Waals surface area contributed by atoms with E-state index < -0.39 is 11.5 Å². The summed E-state index contributed by atoms with van der Waals surface area (Å²) in [4.78, 5) is 26.0. The SMILES string of the molecule is CCC[C@@](C(=O)O)(c1ccc2cc(OC)ccc2c1)N(C)CC1(SN=O)CCCCC1. The molecule has 1 fully saturated rings. The van der Waals surface area contributed by atoms with Gasteiger partial charge in [0, 0.05) is 23.1 Å². The zero-order chi connectivity index (χ0) is 22.5. The number of carbonyl (C=O) groups is 1. The Morgan fingerprint density at radius 1 is 1.19 bits per heavy atom. The van der Waals surface area contributed by atoms with E-state index in [0.717, 1.165) is 72.6 Å². The van der Waals surface area contributed by atoms with E-state index in [2.05, 4.69) is 4.58 Å². The van der Waals surface area contributed by atoms with E-state index >= 15 is 0 Å². The van der Waals surface area contributed by atoms with Crippen LogP contribution in [0, 0.1) is 4.91 Å². The van der Waals surface area contributed by atoms with Crippen molar-refractivity contribution in [3.63, 3.8) is 0 Å². The Balaban J connectivity index is 2.05. The van der Waals surface area contributed by atoms with Crippen LogP contribution in [-0.2, 0) is 10.3 Å². The van der Waals surface area contributed by atoms with Gasteiger partial charge in [-0.3, -0.25) is 4.90 Å². The van der Waals surface area contributed by atoms with E-state index in [0.29, 0.717) is 13.0 Å². The lowest BCUT2D eigenvalue weighted by Gasteiger charge is -2.44. The fourth-order valence-electron chi connectivity index (χ4n) is 5.04. The molecular weight excluding hydrogens is 412 g/mol. The number of hydrogen-bond donors (Lipinski definition) is 1. The first-order valence-electron chi connectivity index (χ1n) is 10.9. The van der Waals surface area contributed by atoms with Gasteiger partial charge in [-0.05, 0) is 60.8 Å². The summed E-state index contributed by atoms with van der Waals surface area (Å²) in [7, 11) is 3.51. The number of aliphatic carboxylic acids is 1. The van der Waals surface area contributed by atoms with Gasteiger partial charge in [0.25, 0.3) is 0 Å². The lowest BCUT2D eigenvalue weighted by molar-refractivity contribution is -0.152. The highest BCUT2D eigenvalue weighted by Crippen LogP contribution is 2.44. The van der Waals surface area contributed by atoms with Crippen molar-refractivity contribution in [3.8, 4) is 5.75 Å². The minimum absolute atomic E-state index is 0.326. The molecule has 0 saturated heterocycles. The third-order valence-electron chi connectivity index (χ3n) is 6.66. The number of likely N-dealkylation sites (N-methyl/N-ethyl adjacent to an activating group) is 1. The Morgan fingerprint density at radius 2 is 1.87 bits per heavy atom. The molecule has 3 rings (SSSR count). The Hall–Kier alpha value is -2.12. The second-order valence-corrected chi connectivity index (χ2v) is 9.81. The highest BCUT2D eigenvalue weighted by Gasteiger charge is 2.47. The number of ether oxygens (including phenoxy) is 1. The number of fused-ring (bicyclic) bond motifs is 1. The number of methoxy groups -OCH3 is 1. The number of hydrogen-bond acceptors (Lipinski definition) is 6. The van der Waals surface area contributed by atoms with Crippen LogP contribution >= 0.6 is 11.9 Å². The summed E-state index contributed by atoms with van der Waals surface area (Å²) in [6, 6.07) is 11.7. The summed E-state index contributed by atoms with van der Waals surface area (Å²) in [6.07, 6.45) is 6.21. The van der Waals surface area contributed by atoms with E-state index in [1.165, 1.54) is 0 Å². The summed E-state index contributed by atoms with van der Waals surface area (Å²) >= 11 is 1.10. The normalized spacial score (nSPS) is 17.9. The van der Waals surface area contributed by atoms with E-state index in [1.807, 2.05) is 55.3 Å². The molecule has 0 unspecified atom stereocenters. The molecule has 31 heavy (non-hydrogen) atoms. The van der Waals surface area contributed by atoms with Crippen molar-refractivity contribution in [2.24, 2.45) is 4.58 Å². The largest absolute Gasteiger partial charge is 0.497 e. The second-order valence-electron chi connectivity index (χ2n) is 8.61. The maximum atomic E-state index is 12.8. The van der Waals surface area contributed by atoms with Gasteiger partial charge in [-0.25, -0.2) is 4.79 Å². The van der Waals surface area contributed by atoms with Crippen molar-refractivity contribution in [2.45, 2.75) is 62.2 Å². The average Bonchev–Trinajstić information content (AvgIpc) is 2.77. The van der Waals surface area contributed by atoms with E-state index in [1.54, 1.807) is 7.11 Å². The fourth-order valence-corrected chi connectivity index (χ4v) is 5.92. The number of carboxylic acids is 1. The van der Waals surface area contributed by atoms with Crippen LogP contribution in [0.1, 0.15) is 57.4 Å². The van der Waals surface area contributed by atoms with Crippen LogP contribution in [0.5, 0.6) is 5.75 Å². The molecule has 2 aromatic rings. The molecule has 0 spiro atoms. The lowest BCUT2D eigenvalue weighted by Crippen LogP contribution is -2.55. The van der Waals surface area contributed by atoms with Crippen LogP contribution < -0.4 is 4.74 Å². The topological polar surface area (TPSA) is 79.2 Å². The average molecular weight is 445 g/mol. The van der Waals surface area contributed by atoms with Gasteiger partial charge in [-0.15, -0.1) is 4.91 Å². The van der Waals surface area contributed by atoms with Crippen LogP contribution in [0.4, 0.5) is 0 Å². The van der Waals surface area contributed by atoms with Gasteiger partial charge in [-0.2, -0.15) is 0 Å². The molecule has 6 nitrogen and oxygen atoms in total. The predicted octanol–water partition coefficient (Wildman–Crippen LogP) is 5.98. The van der Waals surface area contributed by atoms with Crippen LogP contribution in [0.3, 0.4) is 0 Å². The van der Waals surface area contributed by atoms with E-state index in [9.17, 15) is 14.8 Å². The molecule has 1 aliphatic rings. The molecule has 0 aliphatic heterocycles. The Bertz CT molecular complexity index is 929. The van der Waals surface area contributed by atoms with Gasteiger partial charge in [0.05, 0.1) is 11.9 Å². The van der Waals surface area contributed by atoms with Crippen molar-refractivity contribution in [1.29, 1.82) is 0 Å². The zero-order valence-electron chi connectivity index (χ0n) is 18.6. The van der Waals surface area contributed by atoms with Gasteiger partial charge in [0.1, 0.15) is 11.3 Å². The third kappa shape index (κ3) is 4.72. The van der Waals surface area contributed by atoms with E-state index in [-0.39, 0.29) is 4.75 Å². The lowest BCUT2D eigenvalue weighted by atomic mass is 9.81. The molecule has 2 aromatic carbocycles. The summed E-state index contributed by atoms with van der Waals surface area (Å²) in [6.45, 7) is 2.52. The van der Waals surface area contributed by atoms with Gasteiger partial charge in [0.2, 0.25) is 0 Å². The molecular formula is C24H32N2O4S. The zero-order valence-corrected chi connectivity index (χ0v) is 19.4. The van der Waals surface area contributed by atoms with Crippen LogP contribution in [0.15, 0.2) is 41.0 Å².